The van der Waals surface area contributed by atoms with E-state index in [0.717, 1.165) is 6.42 Å². The van der Waals surface area contributed by atoms with Crippen molar-refractivity contribution in [3.63, 3.8) is 0 Å². The first-order chi connectivity index (χ1) is 12.7. The molecule has 0 atom stereocenters. The third kappa shape index (κ3) is 3.49. The van der Waals surface area contributed by atoms with Crippen molar-refractivity contribution in [2.45, 2.75) is 27.2 Å². The van der Waals surface area contributed by atoms with Crippen molar-refractivity contribution in [3.05, 3.63) is 54.0 Å². The highest BCUT2D eigenvalue weighted by Crippen LogP contribution is 2.26. The second kappa shape index (κ2) is 7.91. The Labute approximate surface area is 152 Å². The number of benzene rings is 1. The molecule has 0 saturated heterocycles. The number of imidazole rings is 1. The highest BCUT2D eigenvalue weighted by molar-refractivity contribution is 6.05. The summed E-state index contributed by atoms with van der Waals surface area (Å²) in [6, 6.07) is 11.1. The molecule has 1 amide bonds. The van der Waals surface area contributed by atoms with Gasteiger partial charge in [-0.05, 0) is 44.5 Å². The largest absolute Gasteiger partial charge is 0.491 e. The number of nitrogens with one attached hydrogen (secondary N) is 1. The third-order valence-corrected chi connectivity index (χ3v) is 3.90. The number of anilines is 1. The Morgan fingerprint density at radius 2 is 1.88 bits per heavy atom. The zero-order valence-corrected chi connectivity index (χ0v) is 15.3. The lowest BCUT2D eigenvalue weighted by Gasteiger charge is -2.12. The van der Waals surface area contributed by atoms with Crippen LogP contribution in [0.1, 0.15) is 36.5 Å². The summed E-state index contributed by atoms with van der Waals surface area (Å²) in [5.74, 6) is 1.07. The standard InChI is InChI=1S/C20H23N3O3/c1-4-13-26-16-10-7-6-9-15(16)22-20(24)18-14(3)21-19-17(25-5-2)11-8-12-23(18)19/h6-12H,4-5,13H2,1-3H3,(H,22,24). The molecule has 0 fully saturated rings. The van der Waals surface area contributed by atoms with Gasteiger partial charge in [-0.3, -0.25) is 9.20 Å². The van der Waals surface area contributed by atoms with Crippen LogP contribution in [0.25, 0.3) is 5.65 Å². The van der Waals surface area contributed by atoms with Crippen molar-refractivity contribution >= 4 is 17.2 Å². The van der Waals surface area contributed by atoms with Crippen LogP contribution >= 0.6 is 0 Å². The monoisotopic (exact) mass is 353 g/mol. The van der Waals surface area contributed by atoms with E-state index in [9.17, 15) is 4.79 Å². The van der Waals surface area contributed by atoms with E-state index in [1.807, 2.05) is 63.4 Å². The molecule has 1 aromatic carbocycles. The number of carbonyl (C=O) groups excluding carboxylic acids is 1. The summed E-state index contributed by atoms with van der Waals surface area (Å²) >= 11 is 0. The predicted octanol–water partition coefficient (Wildman–Crippen LogP) is 4.08. The van der Waals surface area contributed by atoms with E-state index in [2.05, 4.69) is 10.3 Å². The normalized spacial score (nSPS) is 10.7. The number of hydrogen-bond acceptors (Lipinski definition) is 4. The van der Waals surface area contributed by atoms with Gasteiger partial charge in [-0.2, -0.15) is 0 Å². The average molecular weight is 353 g/mol. The van der Waals surface area contributed by atoms with E-state index in [0.29, 0.717) is 47.4 Å². The number of aromatic nitrogens is 2. The number of carbonyl (C=O) groups is 1. The molecular formula is C20H23N3O3. The SMILES string of the molecule is CCCOc1ccccc1NC(=O)c1c(C)nc2c(OCC)cccn12. The highest BCUT2D eigenvalue weighted by atomic mass is 16.5. The van der Waals surface area contributed by atoms with Gasteiger partial charge in [0.1, 0.15) is 11.4 Å². The quantitative estimate of drug-likeness (QED) is 0.695. The molecular weight excluding hydrogens is 330 g/mol. The van der Waals surface area contributed by atoms with Gasteiger partial charge in [-0.25, -0.2) is 4.98 Å². The minimum absolute atomic E-state index is 0.240. The molecule has 0 aliphatic rings. The summed E-state index contributed by atoms with van der Waals surface area (Å²) in [6.45, 7) is 6.91. The van der Waals surface area contributed by atoms with Crippen LogP contribution in [-0.2, 0) is 0 Å². The van der Waals surface area contributed by atoms with E-state index in [1.165, 1.54) is 0 Å². The number of amides is 1. The van der Waals surface area contributed by atoms with Gasteiger partial charge in [0.2, 0.25) is 0 Å². The summed E-state index contributed by atoms with van der Waals surface area (Å²) in [5, 5.41) is 2.94. The maximum absolute atomic E-state index is 12.9. The van der Waals surface area contributed by atoms with E-state index < -0.39 is 0 Å². The number of aryl methyl sites for hydroxylation is 1. The maximum atomic E-state index is 12.9. The molecule has 136 valence electrons. The number of fused-ring (bicyclic) bond motifs is 1. The van der Waals surface area contributed by atoms with Crippen molar-refractivity contribution < 1.29 is 14.3 Å². The van der Waals surface area contributed by atoms with Crippen LogP contribution in [0, 0.1) is 6.92 Å². The number of para-hydroxylation sites is 2. The molecule has 26 heavy (non-hydrogen) atoms. The van der Waals surface area contributed by atoms with Gasteiger partial charge >= 0.3 is 0 Å². The van der Waals surface area contributed by atoms with Gasteiger partial charge in [0.05, 0.1) is 24.6 Å². The fraction of sp³-hybridized carbons (Fsp3) is 0.300. The van der Waals surface area contributed by atoms with Crippen LogP contribution < -0.4 is 14.8 Å². The number of ether oxygens (including phenoxy) is 2. The van der Waals surface area contributed by atoms with Crippen LogP contribution in [0.15, 0.2) is 42.6 Å². The van der Waals surface area contributed by atoms with Crippen LogP contribution in [0.2, 0.25) is 0 Å². The fourth-order valence-electron chi connectivity index (χ4n) is 2.79. The van der Waals surface area contributed by atoms with E-state index >= 15 is 0 Å². The average Bonchev–Trinajstić information content (AvgIpc) is 2.98. The smallest absolute Gasteiger partial charge is 0.274 e. The lowest BCUT2D eigenvalue weighted by atomic mass is 10.2. The summed E-state index contributed by atoms with van der Waals surface area (Å²) in [5.41, 5.74) is 2.39. The molecule has 2 aromatic heterocycles. The third-order valence-electron chi connectivity index (χ3n) is 3.90. The Bertz CT molecular complexity index is 918. The molecule has 2 heterocycles. The molecule has 0 saturated carbocycles. The van der Waals surface area contributed by atoms with Gasteiger partial charge in [0.25, 0.3) is 5.91 Å². The first-order valence-corrected chi connectivity index (χ1v) is 8.79. The van der Waals surface area contributed by atoms with Gasteiger partial charge in [-0.15, -0.1) is 0 Å². The number of nitrogens with zero attached hydrogens (tertiary/aromatic N) is 2. The Hall–Kier alpha value is -3.02. The van der Waals surface area contributed by atoms with Gasteiger partial charge in [0, 0.05) is 6.20 Å². The Balaban J connectivity index is 1.94. The zero-order chi connectivity index (χ0) is 18.5. The molecule has 1 N–H and O–H groups in total. The highest BCUT2D eigenvalue weighted by Gasteiger charge is 2.19. The van der Waals surface area contributed by atoms with Crippen LogP contribution in [0.3, 0.4) is 0 Å². The van der Waals surface area contributed by atoms with E-state index in [-0.39, 0.29) is 5.91 Å². The fourth-order valence-corrected chi connectivity index (χ4v) is 2.79. The molecule has 0 radical (unpaired) electrons. The lowest BCUT2D eigenvalue weighted by molar-refractivity contribution is 0.102. The minimum atomic E-state index is -0.240. The van der Waals surface area contributed by atoms with E-state index in [1.54, 1.807) is 4.40 Å². The van der Waals surface area contributed by atoms with Crippen molar-refractivity contribution in [1.29, 1.82) is 0 Å². The van der Waals surface area contributed by atoms with Crippen molar-refractivity contribution in [2.75, 3.05) is 18.5 Å². The molecule has 3 aromatic rings. The molecule has 0 spiro atoms. The molecule has 3 rings (SSSR count). The first-order valence-electron chi connectivity index (χ1n) is 8.79. The minimum Gasteiger partial charge on any atom is -0.491 e. The maximum Gasteiger partial charge on any atom is 0.274 e. The molecule has 6 heteroatoms. The van der Waals surface area contributed by atoms with Gasteiger partial charge in [0.15, 0.2) is 11.4 Å². The van der Waals surface area contributed by atoms with Crippen molar-refractivity contribution in [1.82, 2.24) is 9.38 Å². The first kappa shape index (κ1) is 17.8. The van der Waals surface area contributed by atoms with Crippen LogP contribution in [0.5, 0.6) is 11.5 Å². The molecule has 0 unspecified atom stereocenters. The topological polar surface area (TPSA) is 64.9 Å². The molecule has 0 aliphatic heterocycles. The summed E-state index contributed by atoms with van der Waals surface area (Å²) in [7, 11) is 0. The predicted molar refractivity (Wildman–Crippen MR) is 101 cm³/mol. The van der Waals surface area contributed by atoms with E-state index in [4.69, 9.17) is 9.47 Å². The summed E-state index contributed by atoms with van der Waals surface area (Å²) < 4.78 is 13.1. The second-order valence-electron chi connectivity index (χ2n) is 5.84. The number of hydrogen-bond donors (Lipinski definition) is 1. The van der Waals surface area contributed by atoms with Crippen LogP contribution in [-0.4, -0.2) is 28.5 Å². The number of pyridine rings is 1. The lowest BCUT2D eigenvalue weighted by Crippen LogP contribution is -2.16. The Morgan fingerprint density at radius 1 is 1.12 bits per heavy atom. The Kier molecular flexibility index (Phi) is 5.41. The summed E-state index contributed by atoms with van der Waals surface area (Å²) in [4.78, 5) is 17.4. The zero-order valence-electron chi connectivity index (χ0n) is 15.3. The Morgan fingerprint density at radius 3 is 2.65 bits per heavy atom. The van der Waals surface area contributed by atoms with Crippen molar-refractivity contribution in [2.24, 2.45) is 0 Å². The molecule has 6 nitrogen and oxygen atoms in total. The van der Waals surface area contributed by atoms with Crippen molar-refractivity contribution in [3.8, 4) is 11.5 Å². The second-order valence-corrected chi connectivity index (χ2v) is 5.84. The summed E-state index contributed by atoms with van der Waals surface area (Å²) in [6.07, 6.45) is 2.71. The van der Waals surface area contributed by atoms with Crippen LogP contribution in [0.4, 0.5) is 5.69 Å². The number of rotatable bonds is 7. The van der Waals surface area contributed by atoms with Gasteiger partial charge in [-0.1, -0.05) is 19.1 Å². The molecule has 0 bridgehead atoms. The molecule has 0 aliphatic carbocycles. The van der Waals surface area contributed by atoms with Gasteiger partial charge < -0.3 is 14.8 Å².